The molecule has 2 heterocycles. The van der Waals surface area contributed by atoms with Crippen molar-refractivity contribution in [3.8, 4) is 6.07 Å². The van der Waals surface area contributed by atoms with Gasteiger partial charge in [0.15, 0.2) is 0 Å². The fourth-order valence-electron chi connectivity index (χ4n) is 3.06. The number of aromatic nitrogens is 1. The van der Waals surface area contributed by atoms with Crippen molar-refractivity contribution in [3.05, 3.63) is 58.7 Å². The summed E-state index contributed by atoms with van der Waals surface area (Å²) in [6, 6.07) is 13.9. The Kier molecular flexibility index (Phi) is 5.12. The zero-order valence-corrected chi connectivity index (χ0v) is 13.6. The molecular weight excluding hydrogens is 308 g/mol. The van der Waals surface area contributed by atoms with Gasteiger partial charge in [0.25, 0.3) is 0 Å². The molecule has 0 bridgehead atoms. The van der Waals surface area contributed by atoms with Crippen LogP contribution < -0.4 is 5.32 Å². The third-order valence-electron chi connectivity index (χ3n) is 4.24. The molecule has 0 saturated carbocycles. The molecule has 1 unspecified atom stereocenters. The van der Waals surface area contributed by atoms with Gasteiger partial charge in [0.2, 0.25) is 0 Å². The smallest absolute Gasteiger partial charge is 0.143 e. The molecule has 1 aliphatic heterocycles. The molecule has 1 fully saturated rings. The van der Waals surface area contributed by atoms with Gasteiger partial charge < -0.3 is 5.32 Å². The summed E-state index contributed by atoms with van der Waals surface area (Å²) < 4.78 is 0. The second-order valence-corrected chi connectivity index (χ2v) is 6.08. The predicted molar refractivity (Wildman–Crippen MR) is 92.4 cm³/mol. The standard InChI is InChI=1S/C18H19ClN4/c19-16-8-2-1-7-15(16)17(23-10-3-4-11-23)13-22-18-14(12-20)6-5-9-21-18/h1-2,5-9,17H,3-4,10-11,13H2,(H,21,22). The molecule has 5 heteroatoms. The van der Waals surface area contributed by atoms with Gasteiger partial charge in [-0.3, -0.25) is 4.90 Å². The molecule has 0 radical (unpaired) electrons. The maximum Gasteiger partial charge on any atom is 0.143 e. The van der Waals surface area contributed by atoms with Crippen molar-refractivity contribution in [1.82, 2.24) is 9.88 Å². The first-order valence-corrected chi connectivity index (χ1v) is 8.25. The number of nitrogens with zero attached hydrogens (tertiary/aromatic N) is 3. The molecule has 4 nitrogen and oxygen atoms in total. The van der Waals surface area contributed by atoms with Crippen molar-refractivity contribution in [2.45, 2.75) is 18.9 Å². The maximum absolute atomic E-state index is 9.19. The van der Waals surface area contributed by atoms with Gasteiger partial charge >= 0.3 is 0 Å². The van der Waals surface area contributed by atoms with E-state index in [-0.39, 0.29) is 6.04 Å². The number of likely N-dealkylation sites (tertiary alicyclic amines) is 1. The lowest BCUT2D eigenvalue weighted by Gasteiger charge is -2.29. The molecule has 0 spiro atoms. The molecule has 1 atom stereocenters. The van der Waals surface area contributed by atoms with E-state index in [1.807, 2.05) is 18.2 Å². The van der Waals surface area contributed by atoms with Gasteiger partial charge in [-0.1, -0.05) is 29.8 Å². The third kappa shape index (κ3) is 3.64. The minimum Gasteiger partial charge on any atom is -0.367 e. The lowest BCUT2D eigenvalue weighted by molar-refractivity contribution is 0.256. The number of hydrogen-bond acceptors (Lipinski definition) is 4. The molecule has 1 N–H and O–H groups in total. The van der Waals surface area contributed by atoms with Crippen molar-refractivity contribution >= 4 is 17.4 Å². The van der Waals surface area contributed by atoms with Gasteiger partial charge in [0.1, 0.15) is 11.9 Å². The topological polar surface area (TPSA) is 52.0 Å². The highest BCUT2D eigenvalue weighted by atomic mass is 35.5. The van der Waals surface area contributed by atoms with Crippen LogP contribution in [0.15, 0.2) is 42.6 Å². The summed E-state index contributed by atoms with van der Waals surface area (Å²) in [5.41, 5.74) is 1.69. The zero-order chi connectivity index (χ0) is 16.1. The highest BCUT2D eigenvalue weighted by molar-refractivity contribution is 6.31. The summed E-state index contributed by atoms with van der Waals surface area (Å²) >= 11 is 6.42. The van der Waals surface area contributed by atoms with Crippen LogP contribution in [-0.4, -0.2) is 29.5 Å². The van der Waals surface area contributed by atoms with E-state index in [4.69, 9.17) is 11.6 Å². The summed E-state index contributed by atoms with van der Waals surface area (Å²) in [7, 11) is 0. The Morgan fingerprint density at radius 2 is 2.00 bits per heavy atom. The SMILES string of the molecule is N#Cc1cccnc1NCC(c1ccccc1Cl)N1CCCC1. The first-order valence-electron chi connectivity index (χ1n) is 7.87. The van der Waals surface area contributed by atoms with E-state index in [1.165, 1.54) is 12.8 Å². The molecule has 1 aliphatic rings. The molecule has 1 aromatic carbocycles. The van der Waals surface area contributed by atoms with Crippen LogP contribution in [0.1, 0.15) is 30.0 Å². The van der Waals surface area contributed by atoms with E-state index >= 15 is 0 Å². The van der Waals surface area contributed by atoms with Crippen molar-refractivity contribution < 1.29 is 0 Å². The zero-order valence-electron chi connectivity index (χ0n) is 12.9. The van der Waals surface area contributed by atoms with Crippen LogP contribution in [0.3, 0.4) is 0 Å². The Morgan fingerprint density at radius 3 is 2.74 bits per heavy atom. The fraction of sp³-hybridized carbons (Fsp3) is 0.333. The van der Waals surface area contributed by atoms with Crippen molar-refractivity contribution in [2.75, 3.05) is 25.0 Å². The molecule has 3 rings (SSSR count). The minimum absolute atomic E-state index is 0.180. The van der Waals surface area contributed by atoms with E-state index in [9.17, 15) is 5.26 Å². The Bertz CT molecular complexity index is 704. The van der Waals surface area contributed by atoms with E-state index in [1.54, 1.807) is 18.3 Å². The normalized spacial score (nSPS) is 16.0. The number of pyridine rings is 1. The van der Waals surface area contributed by atoms with Crippen LogP contribution >= 0.6 is 11.6 Å². The number of halogens is 1. The second-order valence-electron chi connectivity index (χ2n) is 5.67. The fourth-order valence-corrected chi connectivity index (χ4v) is 3.33. The van der Waals surface area contributed by atoms with Crippen LogP contribution in [-0.2, 0) is 0 Å². The van der Waals surface area contributed by atoms with E-state index in [2.05, 4.69) is 27.3 Å². The quantitative estimate of drug-likeness (QED) is 0.906. The van der Waals surface area contributed by atoms with Crippen LogP contribution in [0, 0.1) is 11.3 Å². The monoisotopic (exact) mass is 326 g/mol. The van der Waals surface area contributed by atoms with Crippen LogP contribution in [0.4, 0.5) is 5.82 Å². The third-order valence-corrected chi connectivity index (χ3v) is 4.58. The molecule has 23 heavy (non-hydrogen) atoms. The van der Waals surface area contributed by atoms with Crippen LogP contribution in [0.2, 0.25) is 5.02 Å². The molecule has 2 aromatic rings. The van der Waals surface area contributed by atoms with E-state index in [0.29, 0.717) is 17.9 Å². The van der Waals surface area contributed by atoms with E-state index in [0.717, 1.165) is 23.7 Å². The highest BCUT2D eigenvalue weighted by Gasteiger charge is 2.25. The Balaban J connectivity index is 1.82. The van der Waals surface area contributed by atoms with Gasteiger partial charge in [-0.2, -0.15) is 5.26 Å². The van der Waals surface area contributed by atoms with Gasteiger partial charge in [-0.25, -0.2) is 4.98 Å². The number of hydrogen-bond donors (Lipinski definition) is 1. The summed E-state index contributed by atoms with van der Waals surface area (Å²) in [5, 5.41) is 13.3. The molecule has 0 amide bonds. The maximum atomic E-state index is 9.19. The molecular formula is C18H19ClN4. The summed E-state index contributed by atoms with van der Waals surface area (Å²) in [6.45, 7) is 2.82. The Labute approximate surface area is 141 Å². The Morgan fingerprint density at radius 1 is 1.22 bits per heavy atom. The first kappa shape index (κ1) is 15.8. The van der Waals surface area contributed by atoms with Gasteiger partial charge in [-0.15, -0.1) is 0 Å². The average Bonchev–Trinajstić information content (AvgIpc) is 3.11. The molecule has 1 aromatic heterocycles. The highest BCUT2D eigenvalue weighted by Crippen LogP contribution is 2.30. The van der Waals surface area contributed by atoms with E-state index < -0.39 is 0 Å². The van der Waals surface area contributed by atoms with Gasteiger partial charge in [0.05, 0.1) is 11.6 Å². The predicted octanol–water partition coefficient (Wildman–Crippen LogP) is 3.86. The second kappa shape index (κ2) is 7.45. The summed E-state index contributed by atoms with van der Waals surface area (Å²) in [6.07, 6.45) is 4.13. The number of rotatable bonds is 5. The Hall–Kier alpha value is -2.09. The van der Waals surface area contributed by atoms with Gasteiger partial charge in [-0.05, 0) is 49.7 Å². The van der Waals surface area contributed by atoms with Crippen LogP contribution in [0.5, 0.6) is 0 Å². The lowest BCUT2D eigenvalue weighted by Crippen LogP contribution is -2.31. The number of anilines is 1. The van der Waals surface area contributed by atoms with Crippen molar-refractivity contribution in [2.24, 2.45) is 0 Å². The molecule has 1 saturated heterocycles. The number of nitrogens with one attached hydrogen (secondary N) is 1. The van der Waals surface area contributed by atoms with Gasteiger partial charge in [0, 0.05) is 17.8 Å². The molecule has 0 aliphatic carbocycles. The average molecular weight is 327 g/mol. The lowest BCUT2D eigenvalue weighted by atomic mass is 10.1. The van der Waals surface area contributed by atoms with Crippen molar-refractivity contribution in [1.29, 1.82) is 5.26 Å². The van der Waals surface area contributed by atoms with Crippen molar-refractivity contribution in [3.63, 3.8) is 0 Å². The number of nitriles is 1. The summed E-state index contributed by atoms with van der Waals surface area (Å²) in [4.78, 5) is 6.73. The largest absolute Gasteiger partial charge is 0.367 e. The van der Waals surface area contributed by atoms with Crippen LogP contribution in [0.25, 0.3) is 0 Å². The minimum atomic E-state index is 0.180. The number of benzene rings is 1. The summed E-state index contributed by atoms with van der Waals surface area (Å²) in [5.74, 6) is 0.631. The first-order chi connectivity index (χ1) is 11.3. The molecule has 118 valence electrons.